The molecule has 2 aromatic rings. The average Bonchev–Trinajstić information content (AvgIpc) is 2.96. The molecule has 0 saturated carbocycles. The van der Waals surface area contributed by atoms with Crippen molar-refractivity contribution in [3.8, 4) is 17.6 Å². The lowest BCUT2D eigenvalue weighted by atomic mass is 9.68. The van der Waals surface area contributed by atoms with Gasteiger partial charge in [0.2, 0.25) is 11.8 Å². The van der Waals surface area contributed by atoms with Crippen molar-refractivity contribution in [3.05, 3.63) is 63.5 Å². The summed E-state index contributed by atoms with van der Waals surface area (Å²) < 4.78 is 5.52. The molecule has 4 N–H and O–H groups in total. The standard InChI is InChI=1S/C20H14ClN3O4/c1-2-13(25)9-6-7-14-15(17(9)26)20(11(8-22)18(23)28-14)10-4-3-5-12(21)16(10)24-19(20)27/h3-7,26H,2,23H2,1H3,(H,24,27). The summed E-state index contributed by atoms with van der Waals surface area (Å²) in [5, 5.41) is 23.7. The number of fused-ring (bicyclic) bond motifs is 4. The Morgan fingerprint density at radius 1 is 1.39 bits per heavy atom. The Kier molecular flexibility index (Phi) is 3.84. The van der Waals surface area contributed by atoms with Gasteiger partial charge in [-0.1, -0.05) is 30.7 Å². The molecule has 2 aromatic carbocycles. The smallest absolute Gasteiger partial charge is 0.245 e. The lowest BCUT2D eigenvalue weighted by Gasteiger charge is -2.34. The summed E-state index contributed by atoms with van der Waals surface area (Å²) >= 11 is 6.24. The van der Waals surface area contributed by atoms with Crippen molar-refractivity contribution in [1.82, 2.24) is 0 Å². The maximum Gasteiger partial charge on any atom is 0.245 e. The van der Waals surface area contributed by atoms with Crippen LogP contribution in [0.4, 0.5) is 5.69 Å². The van der Waals surface area contributed by atoms with Crippen LogP contribution in [-0.2, 0) is 10.2 Å². The number of nitrogens with two attached hydrogens (primary N) is 1. The molecule has 8 heteroatoms. The molecule has 0 aliphatic carbocycles. The van der Waals surface area contributed by atoms with E-state index in [2.05, 4.69) is 5.32 Å². The fourth-order valence-electron chi connectivity index (χ4n) is 3.84. The number of Topliss-reactive ketones (excluding diaryl/α,β-unsaturated/α-hetero) is 1. The highest BCUT2D eigenvalue weighted by Crippen LogP contribution is 2.57. The Labute approximate surface area is 165 Å². The highest BCUT2D eigenvalue weighted by atomic mass is 35.5. The van der Waals surface area contributed by atoms with E-state index in [1.54, 1.807) is 25.1 Å². The first kappa shape index (κ1) is 17.9. The maximum atomic E-state index is 13.3. The number of nitrogens with one attached hydrogen (secondary N) is 1. The fourth-order valence-corrected chi connectivity index (χ4v) is 4.07. The van der Waals surface area contributed by atoms with Crippen molar-refractivity contribution in [3.63, 3.8) is 0 Å². The first-order valence-electron chi connectivity index (χ1n) is 8.46. The number of rotatable bonds is 2. The van der Waals surface area contributed by atoms with Gasteiger partial charge >= 0.3 is 0 Å². The SMILES string of the molecule is CCC(=O)c1ccc2c(c1O)C1(C(=O)Nc3c(Cl)cccc31)C(C#N)=C(N)O2. The van der Waals surface area contributed by atoms with Crippen molar-refractivity contribution < 1.29 is 19.4 Å². The van der Waals surface area contributed by atoms with Crippen molar-refractivity contribution in [2.24, 2.45) is 5.73 Å². The van der Waals surface area contributed by atoms with E-state index >= 15 is 0 Å². The second-order valence-electron chi connectivity index (χ2n) is 6.43. The number of benzene rings is 2. The van der Waals surface area contributed by atoms with Gasteiger partial charge < -0.3 is 20.9 Å². The van der Waals surface area contributed by atoms with Crippen molar-refractivity contribution in [2.75, 3.05) is 5.32 Å². The minimum Gasteiger partial charge on any atom is -0.507 e. The van der Waals surface area contributed by atoms with Crippen LogP contribution in [0.1, 0.15) is 34.8 Å². The molecule has 2 heterocycles. The van der Waals surface area contributed by atoms with Gasteiger partial charge in [0.05, 0.1) is 21.8 Å². The summed E-state index contributed by atoms with van der Waals surface area (Å²) in [6.07, 6.45) is 0.151. The number of carbonyl (C=O) groups excluding carboxylic acids is 2. The maximum absolute atomic E-state index is 13.3. The molecule has 2 aliphatic rings. The fraction of sp³-hybridized carbons (Fsp3) is 0.150. The largest absolute Gasteiger partial charge is 0.507 e. The number of phenolic OH excluding ortho intramolecular Hbond substituents is 1. The molecule has 140 valence electrons. The molecule has 7 nitrogen and oxygen atoms in total. The molecule has 0 fully saturated rings. The molecule has 1 unspecified atom stereocenters. The van der Waals surface area contributed by atoms with E-state index in [1.165, 1.54) is 12.1 Å². The third kappa shape index (κ3) is 2.03. The van der Waals surface area contributed by atoms with E-state index in [0.29, 0.717) is 11.3 Å². The zero-order valence-corrected chi connectivity index (χ0v) is 15.4. The number of ether oxygens (including phenoxy) is 1. The highest BCUT2D eigenvalue weighted by Gasteiger charge is 2.58. The lowest BCUT2D eigenvalue weighted by Crippen LogP contribution is -2.42. The van der Waals surface area contributed by atoms with Gasteiger partial charge in [0, 0.05) is 12.0 Å². The molecule has 28 heavy (non-hydrogen) atoms. The van der Waals surface area contributed by atoms with E-state index in [4.69, 9.17) is 22.1 Å². The van der Waals surface area contributed by atoms with Gasteiger partial charge in [0.15, 0.2) is 5.78 Å². The molecule has 0 radical (unpaired) electrons. The van der Waals surface area contributed by atoms with Gasteiger partial charge in [-0.3, -0.25) is 9.59 Å². The van der Waals surface area contributed by atoms with Gasteiger partial charge in [-0.25, -0.2) is 0 Å². The second kappa shape index (κ2) is 6.01. The van der Waals surface area contributed by atoms with Crippen LogP contribution in [0.15, 0.2) is 41.8 Å². The summed E-state index contributed by atoms with van der Waals surface area (Å²) in [7, 11) is 0. The monoisotopic (exact) mass is 395 g/mol. The number of ketones is 1. The number of amides is 1. The molecule has 4 rings (SSSR count). The van der Waals surface area contributed by atoms with Crippen LogP contribution in [-0.4, -0.2) is 16.8 Å². The van der Waals surface area contributed by atoms with Crippen molar-refractivity contribution in [1.29, 1.82) is 5.26 Å². The molecule has 2 aliphatic heterocycles. The Morgan fingerprint density at radius 3 is 2.82 bits per heavy atom. The third-order valence-corrected chi connectivity index (χ3v) is 5.40. The van der Waals surface area contributed by atoms with Crippen LogP contribution in [0.25, 0.3) is 0 Å². The quantitative estimate of drug-likeness (QED) is 0.671. The van der Waals surface area contributed by atoms with Crippen LogP contribution in [0.3, 0.4) is 0 Å². The number of carbonyl (C=O) groups is 2. The zero-order valence-electron chi connectivity index (χ0n) is 14.7. The number of halogens is 1. The van der Waals surface area contributed by atoms with Crippen LogP contribution in [0.5, 0.6) is 11.5 Å². The number of nitriles is 1. The van der Waals surface area contributed by atoms with Crippen molar-refractivity contribution in [2.45, 2.75) is 18.8 Å². The van der Waals surface area contributed by atoms with E-state index in [9.17, 15) is 20.0 Å². The van der Waals surface area contributed by atoms with Gasteiger partial charge in [-0.05, 0) is 18.2 Å². The number of hydrogen-bond donors (Lipinski definition) is 3. The number of nitrogens with zero attached hydrogens (tertiary/aromatic N) is 1. The minimum atomic E-state index is -1.78. The average molecular weight is 396 g/mol. The van der Waals surface area contributed by atoms with Crippen LogP contribution in [0, 0.1) is 11.3 Å². The molecule has 0 saturated heterocycles. The lowest BCUT2D eigenvalue weighted by molar-refractivity contribution is -0.118. The van der Waals surface area contributed by atoms with Gasteiger partial charge in [0.1, 0.15) is 28.6 Å². The number of anilines is 1. The Morgan fingerprint density at radius 2 is 2.14 bits per heavy atom. The Bertz CT molecular complexity index is 1150. The molecule has 1 atom stereocenters. The number of aromatic hydroxyl groups is 1. The summed E-state index contributed by atoms with van der Waals surface area (Å²) in [6, 6.07) is 9.64. The Balaban J connectivity index is 2.18. The van der Waals surface area contributed by atoms with E-state index in [0.717, 1.165) is 0 Å². The minimum absolute atomic E-state index is 0.00364. The number of hydrogen-bond acceptors (Lipinski definition) is 6. The van der Waals surface area contributed by atoms with Crippen LogP contribution >= 0.6 is 11.6 Å². The summed E-state index contributed by atoms with van der Waals surface area (Å²) in [5.74, 6) is -1.53. The third-order valence-electron chi connectivity index (χ3n) is 5.09. The van der Waals surface area contributed by atoms with E-state index < -0.39 is 17.1 Å². The highest BCUT2D eigenvalue weighted by molar-refractivity contribution is 6.35. The molecule has 1 spiro atoms. The van der Waals surface area contributed by atoms with E-state index in [-0.39, 0.29) is 45.6 Å². The van der Waals surface area contributed by atoms with E-state index in [1.807, 2.05) is 6.07 Å². The second-order valence-corrected chi connectivity index (χ2v) is 6.84. The number of phenols is 1. The van der Waals surface area contributed by atoms with Gasteiger partial charge in [-0.2, -0.15) is 5.26 Å². The number of para-hydroxylation sites is 1. The molecule has 0 bridgehead atoms. The van der Waals surface area contributed by atoms with Gasteiger partial charge in [0.25, 0.3) is 0 Å². The predicted octanol–water partition coefficient (Wildman–Crippen LogP) is 2.96. The normalized spacial score (nSPS) is 19.5. The molecular formula is C20H14ClN3O4. The summed E-state index contributed by atoms with van der Waals surface area (Å²) in [4.78, 5) is 25.6. The zero-order chi connectivity index (χ0) is 20.2. The van der Waals surface area contributed by atoms with Crippen LogP contribution in [0.2, 0.25) is 5.02 Å². The topological polar surface area (TPSA) is 125 Å². The van der Waals surface area contributed by atoms with Crippen LogP contribution < -0.4 is 15.8 Å². The molecule has 1 amide bonds. The molecular weight excluding hydrogens is 382 g/mol. The first-order chi connectivity index (χ1) is 13.4. The first-order valence-corrected chi connectivity index (χ1v) is 8.83. The summed E-state index contributed by atoms with van der Waals surface area (Å²) in [6.45, 7) is 1.66. The van der Waals surface area contributed by atoms with Gasteiger partial charge in [-0.15, -0.1) is 0 Å². The Hall–Kier alpha value is -3.50. The molecule has 0 aromatic heterocycles. The van der Waals surface area contributed by atoms with Crippen molar-refractivity contribution >= 4 is 29.0 Å². The predicted molar refractivity (Wildman–Crippen MR) is 101 cm³/mol. The summed E-state index contributed by atoms with van der Waals surface area (Å²) in [5.41, 5.74) is 4.70.